The standard InChI is InChI=1S/C24H28N2O2/c1-19(2)8-7-9-20(3)16-17-25-26-24(27)18-28-23-14-12-22(13-15-23)21-10-5-4-6-11-21/h4-6,8,10-17H,7,9,18H2,1-3H3,(H,26,27). The molecule has 2 aromatic carbocycles. The third-order valence-electron chi connectivity index (χ3n) is 4.05. The summed E-state index contributed by atoms with van der Waals surface area (Å²) in [7, 11) is 0. The van der Waals surface area contributed by atoms with E-state index in [1.54, 1.807) is 6.21 Å². The number of allylic oxidation sites excluding steroid dienone is 4. The Morgan fingerprint density at radius 2 is 1.68 bits per heavy atom. The van der Waals surface area contributed by atoms with Crippen LogP contribution in [0.25, 0.3) is 11.1 Å². The molecule has 146 valence electrons. The van der Waals surface area contributed by atoms with Gasteiger partial charge in [-0.1, -0.05) is 59.7 Å². The van der Waals surface area contributed by atoms with Crippen molar-refractivity contribution in [1.29, 1.82) is 0 Å². The minimum atomic E-state index is -0.293. The first-order valence-electron chi connectivity index (χ1n) is 9.44. The summed E-state index contributed by atoms with van der Waals surface area (Å²) in [4.78, 5) is 11.8. The number of hydrogen-bond donors (Lipinski definition) is 1. The average molecular weight is 377 g/mol. The summed E-state index contributed by atoms with van der Waals surface area (Å²) in [5.74, 6) is 0.354. The summed E-state index contributed by atoms with van der Waals surface area (Å²) in [5.41, 5.74) is 7.25. The van der Waals surface area contributed by atoms with Gasteiger partial charge in [-0.25, -0.2) is 5.43 Å². The van der Waals surface area contributed by atoms with Crippen LogP contribution in [0.1, 0.15) is 33.6 Å². The Morgan fingerprint density at radius 1 is 1.00 bits per heavy atom. The first-order chi connectivity index (χ1) is 13.5. The van der Waals surface area contributed by atoms with Gasteiger partial charge in [0, 0.05) is 6.21 Å². The molecule has 0 aliphatic rings. The van der Waals surface area contributed by atoms with E-state index in [4.69, 9.17) is 4.74 Å². The van der Waals surface area contributed by atoms with Crippen LogP contribution in [-0.4, -0.2) is 18.7 Å². The Morgan fingerprint density at radius 3 is 2.36 bits per heavy atom. The highest BCUT2D eigenvalue weighted by atomic mass is 16.5. The molecule has 2 rings (SSSR count). The van der Waals surface area contributed by atoms with E-state index in [1.165, 1.54) is 11.1 Å². The minimum Gasteiger partial charge on any atom is -0.484 e. The second-order valence-corrected chi connectivity index (χ2v) is 6.83. The lowest BCUT2D eigenvalue weighted by Crippen LogP contribution is -2.24. The van der Waals surface area contributed by atoms with Crippen LogP contribution in [0.2, 0.25) is 0 Å². The van der Waals surface area contributed by atoms with Crippen molar-refractivity contribution in [1.82, 2.24) is 5.43 Å². The van der Waals surface area contributed by atoms with E-state index >= 15 is 0 Å². The number of carbonyl (C=O) groups is 1. The van der Waals surface area contributed by atoms with Gasteiger partial charge in [0.1, 0.15) is 5.75 Å². The van der Waals surface area contributed by atoms with E-state index in [0.717, 1.165) is 24.0 Å². The molecule has 4 heteroatoms. The fourth-order valence-electron chi connectivity index (χ4n) is 2.50. The number of carbonyl (C=O) groups excluding carboxylic acids is 1. The van der Waals surface area contributed by atoms with Gasteiger partial charge in [-0.2, -0.15) is 5.10 Å². The van der Waals surface area contributed by atoms with Gasteiger partial charge in [-0.3, -0.25) is 4.79 Å². The van der Waals surface area contributed by atoms with E-state index in [9.17, 15) is 4.79 Å². The van der Waals surface area contributed by atoms with Crippen molar-refractivity contribution >= 4 is 12.1 Å². The molecule has 0 spiro atoms. The summed E-state index contributed by atoms with van der Waals surface area (Å²) in [6.45, 7) is 6.16. The van der Waals surface area contributed by atoms with Crippen LogP contribution in [0.15, 0.2) is 83.0 Å². The Bertz CT molecular complexity index is 831. The highest BCUT2D eigenvalue weighted by Gasteiger charge is 2.02. The molecule has 0 bridgehead atoms. The van der Waals surface area contributed by atoms with Crippen molar-refractivity contribution in [3.63, 3.8) is 0 Å². The third-order valence-corrected chi connectivity index (χ3v) is 4.05. The lowest BCUT2D eigenvalue weighted by Gasteiger charge is -2.06. The zero-order chi connectivity index (χ0) is 20.2. The summed E-state index contributed by atoms with van der Waals surface area (Å²) < 4.78 is 5.50. The molecule has 0 radical (unpaired) electrons. The predicted octanol–water partition coefficient (Wildman–Crippen LogP) is 5.53. The van der Waals surface area contributed by atoms with E-state index < -0.39 is 0 Å². The highest BCUT2D eigenvalue weighted by molar-refractivity contribution is 5.80. The van der Waals surface area contributed by atoms with Crippen molar-refractivity contribution in [3.05, 3.63) is 77.9 Å². The van der Waals surface area contributed by atoms with Crippen molar-refractivity contribution < 1.29 is 9.53 Å². The largest absolute Gasteiger partial charge is 0.484 e. The molecule has 0 unspecified atom stereocenters. The van der Waals surface area contributed by atoms with E-state index in [2.05, 4.69) is 49.5 Å². The van der Waals surface area contributed by atoms with Crippen molar-refractivity contribution in [2.45, 2.75) is 33.6 Å². The zero-order valence-electron chi connectivity index (χ0n) is 16.8. The number of ether oxygens (including phenoxy) is 1. The van der Waals surface area contributed by atoms with Gasteiger partial charge in [0.2, 0.25) is 0 Å². The quantitative estimate of drug-likeness (QED) is 0.355. The summed E-state index contributed by atoms with van der Waals surface area (Å²) in [5, 5.41) is 3.92. The average Bonchev–Trinajstić information content (AvgIpc) is 2.70. The number of rotatable bonds is 9. The molecule has 0 heterocycles. The van der Waals surface area contributed by atoms with Crippen LogP contribution >= 0.6 is 0 Å². The number of hydrazone groups is 1. The molecule has 0 saturated carbocycles. The number of amides is 1. The summed E-state index contributed by atoms with van der Waals surface area (Å²) in [6.07, 6.45) is 7.71. The molecular formula is C24H28N2O2. The topological polar surface area (TPSA) is 50.7 Å². The van der Waals surface area contributed by atoms with Crippen LogP contribution in [0.3, 0.4) is 0 Å². The molecule has 28 heavy (non-hydrogen) atoms. The normalized spacial score (nSPS) is 11.3. The van der Waals surface area contributed by atoms with Gasteiger partial charge in [-0.05, 0) is 62.9 Å². The monoisotopic (exact) mass is 376 g/mol. The molecule has 0 atom stereocenters. The smallest absolute Gasteiger partial charge is 0.277 e. The SMILES string of the molecule is CC(C)=CCCC(C)=CC=NNC(=O)COc1ccc(-c2ccccc2)cc1. The molecule has 0 aliphatic carbocycles. The molecule has 4 nitrogen and oxygen atoms in total. The molecule has 0 aliphatic heterocycles. The van der Waals surface area contributed by atoms with Crippen molar-refractivity contribution in [3.8, 4) is 16.9 Å². The fraction of sp³-hybridized carbons (Fsp3) is 0.250. The van der Waals surface area contributed by atoms with Crippen LogP contribution in [-0.2, 0) is 4.79 Å². The second-order valence-electron chi connectivity index (χ2n) is 6.83. The summed E-state index contributed by atoms with van der Waals surface area (Å²) in [6, 6.07) is 17.8. The van der Waals surface area contributed by atoms with Crippen LogP contribution in [0.5, 0.6) is 5.75 Å². The van der Waals surface area contributed by atoms with Crippen LogP contribution < -0.4 is 10.2 Å². The predicted molar refractivity (Wildman–Crippen MR) is 116 cm³/mol. The first-order valence-corrected chi connectivity index (χ1v) is 9.44. The highest BCUT2D eigenvalue weighted by Crippen LogP contribution is 2.21. The minimum absolute atomic E-state index is 0.0781. The Kier molecular flexibility index (Phi) is 8.73. The number of nitrogens with one attached hydrogen (secondary N) is 1. The maximum atomic E-state index is 11.8. The summed E-state index contributed by atoms with van der Waals surface area (Å²) >= 11 is 0. The lowest BCUT2D eigenvalue weighted by molar-refractivity contribution is -0.123. The van der Waals surface area contributed by atoms with Gasteiger partial charge < -0.3 is 4.74 Å². The molecular weight excluding hydrogens is 348 g/mol. The fourth-order valence-corrected chi connectivity index (χ4v) is 2.50. The molecule has 1 N–H and O–H groups in total. The maximum absolute atomic E-state index is 11.8. The molecule has 1 amide bonds. The van der Waals surface area contributed by atoms with Gasteiger partial charge in [0.15, 0.2) is 6.61 Å². The maximum Gasteiger partial charge on any atom is 0.277 e. The Labute approximate surface area is 167 Å². The van der Waals surface area contributed by atoms with Gasteiger partial charge >= 0.3 is 0 Å². The van der Waals surface area contributed by atoms with Crippen molar-refractivity contribution in [2.75, 3.05) is 6.61 Å². The molecule has 0 fully saturated rings. The number of hydrogen-bond acceptors (Lipinski definition) is 3. The Hall–Kier alpha value is -3.14. The van der Waals surface area contributed by atoms with E-state index in [-0.39, 0.29) is 12.5 Å². The Balaban J connectivity index is 1.73. The van der Waals surface area contributed by atoms with Crippen LogP contribution in [0, 0.1) is 0 Å². The van der Waals surface area contributed by atoms with Gasteiger partial charge in [0.05, 0.1) is 0 Å². The number of benzene rings is 2. The molecule has 2 aromatic rings. The van der Waals surface area contributed by atoms with Gasteiger partial charge in [-0.15, -0.1) is 0 Å². The number of nitrogens with zero attached hydrogens (tertiary/aromatic N) is 1. The van der Waals surface area contributed by atoms with Crippen molar-refractivity contribution in [2.24, 2.45) is 5.10 Å². The zero-order valence-corrected chi connectivity index (χ0v) is 16.8. The van der Waals surface area contributed by atoms with E-state index in [1.807, 2.05) is 48.5 Å². The molecule has 0 saturated heterocycles. The molecule has 0 aromatic heterocycles. The lowest BCUT2D eigenvalue weighted by atomic mass is 10.1. The first kappa shape index (κ1) is 21.2. The van der Waals surface area contributed by atoms with Gasteiger partial charge in [0.25, 0.3) is 5.91 Å². The second kappa shape index (κ2) is 11.5. The van der Waals surface area contributed by atoms with Crippen LogP contribution in [0.4, 0.5) is 0 Å². The van der Waals surface area contributed by atoms with E-state index in [0.29, 0.717) is 5.75 Å². The third kappa shape index (κ3) is 8.04.